The van der Waals surface area contributed by atoms with Crippen molar-refractivity contribution in [3.8, 4) is 0 Å². The topological polar surface area (TPSA) is 56.3 Å². The van der Waals surface area contributed by atoms with E-state index in [2.05, 4.69) is 9.72 Å². The molecule has 0 aliphatic heterocycles. The van der Waals surface area contributed by atoms with Gasteiger partial charge in [0.05, 0.1) is 12.1 Å². The Balaban J connectivity index is 2.96. The van der Waals surface area contributed by atoms with Gasteiger partial charge < -0.3 is 4.74 Å². The Bertz CT molecular complexity index is 467. The molecule has 0 amide bonds. The van der Waals surface area contributed by atoms with Crippen molar-refractivity contribution in [1.82, 2.24) is 4.98 Å². The van der Waals surface area contributed by atoms with Crippen LogP contribution in [0.4, 0.5) is 13.2 Å². The van der Waals surface area contributed by atoms with Crippen LogP contribution in [0.5, 0.6) is 0 Å². The summed E-state index contributed by atoms with van der Waals surface area (Å²) in [5, 5.41) is 0.0953. The van der Waals surface area contributed by atoms with Crippen LogP contribution in [0.2, 0.25) is 0 Å². The van der Waals surface area contributed by atoms with Gasteiger partial charge in [-0.2, -0.15) is 13.2 Å². The highest BCUT2D eigenvalue weighted by Crippen LogP contribution is 2.26. The first-order valence-corrected chi connectivity index (χ1v) is 5.72. The molecule has 100 valence electrons. The van der Waals surface area contributed by atoms with Gasteiger partial charge in [0.15, 0.2) is 11.5 Å². The molecule has 1 heterocycles. The van der Waals surface area contributed by atoms with Crippen LogP contribution >= 0.6 is 11.3 Å². The third-order valence-corrected chi connectivity index (χ3v) is 3.21. The number of nitrogens with zero attached hydrogens (tertiary/aromatic N) is 1. The van der Waals surface area contributed by atoms with Gasteiger partial charge in [0, 0.05) is 19.8 Å². The van der Waals surface area contributed by atoms with Crippen LogP contribution in [0.3, 0.4) is 0 Å². The maximum absolute atomic E-state index is 12.1. The van der Waals surface area contributed by atoms with E-state index in [4.69, 9.17) is 0 Å². The number of ketones is 1. The fraction of sp³-hybridized carbons (Fsp3) is 0.500. The molecule has 18 heavy (non-hydrogen) atoms. The Hall–Kier alpha value is -1.44. The molecule has 0 spiro atoms. The Labute approximate surface area is 105 Å². The van der Waals surface area contributed by atoms with Crippen LogP contribution in [0.1, 0.15) is 38.5 Å². The van der Waals surface area contributed by atoms with Gasteiger partial charge in [0.25, 0.3) is 0 Å². The minimum Gasteiger partial charge on any atom is -0.464 e. The zero-order chi connectivity index (χ0) is 13.9. The predicted octanol–water partition coefficient (Wildman–Crippen LogP) is 2.63. The third-order valence-electron chi connectivity index (χ3n) is 1.99. The Morgan fingerprint density at radius 1 is 1.39 bits per heavy atom. The second kappa shape index (κ2) is 5.47. The smallest absolute Gasteiger partial charge is 0.389 e. The second-order valence-corrected chi connectivity index (χ2v) is 4.53. The summed E-state index contributed by atoms with van der Waals surface area (Å²) < 4.78 is 40.6. The fourth-order valence-corrected chi connectivity index (χ4v) is 2.14. The van der Waals surface area contributed by atoms with Gasteiger partial charge in [-0.1, -0.05) is 0 Å². The van der Waals surface area contributed by atoms with Gasteiger partial charge >= 0.3 is 12.1 Å². The van der Waals surface area contributed by atoms with Crippen LogP contribution in [0.25, 0.3) is 0 Å². The van der Waals surface area contributed by atoms with E-state index >= 15 is 0 Å². The summed E-state index contributed by atoms with van der Waals surface area (Å²) in [6.45, 7) is 1.22. The number of hydrogen-bond acceptors (Lipinski definition) is 5. The second-order valence-electron chi connectivity index (χ2n) is 3.45. The minimum absolute atomic E-state index is 0.0269. The number of esters is 1. The van der Waals surface area contributed by atoms with E-state index in [1.54, 1.807) is 0 Å². The summed E-state index contributed by atoms with van der Waals surface area (Å²) in [6, 6.07) is 0. The maximum Gasteiger partial charge on any atom is 0.389 e. The van der Waals surface area contributed by atoms with Gasteiger partial charge in [-0.3, -0.25) is 4.79 Å². The molecule has 0 aliphatic rings. The summed E-state index contributed by atoms with van der Waals surface area (Å²) in [7, 11) is 1.11. The van der Waals surface area contributed by atoms with Crippen molar-refractivity contribution in [2.45, 2.75) is 25.9 Å². The molecule has 1 rings (SSSR count). The van der Waals surface area contributed by atoms with Gasteiger partial charge in [0.1, 0.15) is 4.88 Å². The molecular weight excluding hydrogens is 271 g/mol. The zero-order valence-corrected chi connectivity index (χ0v) is 10.4. The van der Waals surface area contributed by atoms with Crippen molar-refractivity contribution in [3.63, 3.8) is 0 Å². The Morgan fingerprint density at radius 2 is 2.00 bits per heavy atom. The van der Waals surface area contributed by atoms with Gasteiger partial charge in [0.2, 0.25) is 0 Å². The predicted molar refractivity (Wildman–Crippen MR) is 57.8 cm³/mol. The molecule has 0 N–H and O–H groups in total. The van der Waals surface area contributed by atoms with Crippen molar-refractivity contribution >= 4 is 23.1 Å². The van der Waals surface area contributed by atoms with E-state index < -0.39 is 24.3 Å². The normalized spacial score (nSPS) is 11.4. The third kappa shape index (κ3) is 3.80. The number of alkyl halides is 3. The number of methoxy groups -OCH3 is 1. The highest BCUT2D eigenvalue weighted by atomic mass is 32.1. The summed E-state index contributed by atoms with van der Waals surface area (Å²) in [5.41, 5.74) is -0.216. The molecule has 0 saturated carbocycles. The first-order valence-electron chi connectivity index (χ1n) is 4.90. The number of thiazole rings is 1. The Kier molecular flexibility index (Phi) is 4.44. The quantitative estimate of drug-likeness (QED) is 0.629. The van der Waals surface area contributed by atoms with Crippen molar-refractivity contribution in [2.75, 3.05) is 7.11 Å². The van der Waals surface area contributed by atoms with Crippen LogP contribution in [0, 0.1) is 0 Å². The number of ether oxygens (including phenoxy) is 1. The van der Waals surface area contributed by atoms with Crippen molar-refractivity contribution in [3.05, 3.63) is 15.6 Å². The summed E-state index contributed by atoms with van der Waals surface area (Å²) in [6.07, 6.45) is -5.70. The first-order chi connectivity index (χ1) is 8.24. The molecule has 0 aliphatic carbocycles. The van der Waals surface area contributed by atoms with Crippen LogP contribution in [-0.2, 0) is 11.2 Å². The number of carbonyl (C=O) groups excluding carboxylic acids is 2. The standard InChI is InChI=1S/C10H10F3NO3S/c1-5(15)8-7(9(16)17-2)14-6(18-8)3-4-10(11,12)13/h3-4H2,1-2H3. The number of aromatic nitrogens is 1. The molecule has 8 heteroatoms. The van der Waals surface area contributed by atoms with Gasteiger partial charge in [-0.05, 0) is 0 Å². The van der Waals surface area contributed by atoms with E-state index in [9.17, 15) is 22.8 Å². The lowest BCUT2D eigenvalue weighted by Gasteiger charge is -2.02. The molecule has 0 bridgehead atoms. The summed E-state index contributed by atoms with van der Waals surface area (Å²) in [4.78, 5) is 26.3. The minimum atomic E-state index is -4.30. The fourth-order valence-electron chi connectivity index (χ4n) is 1.19. The maximum atomic E-state index is 12.1. The van der Waals surface area contributed by atoms with Gasteiger partial charge in [-0.15, -0.1) is 11.3 Å². The summed E-state index contributed by atoms with van der Waals surface area (Å²) in [5.74, 6) is -1.25. The number of hydrogen-bond donors (Lipinski definition) is 0. The molecule has 0 saturated heterocycles. The van der Waals surface area contributed by atoms with Crippen LogP contribution in [-0.4, -0.2) is 30.0 Å². The zero-order valence-electron chi connectivity index (χ0n) is 9.63. The van der Waals surface area contributed by atoms with E-state index in [1.165, 1.54) is 6.92 Å². The SMILES string of the molecule is COC(=O)c1nc(CCC(F)(F)F)sc1C(C)=O. The average molecular weight is 281 g/mol. The largest absolute Gasteiger partial charge is 0.464 e. The van der Waals surface area contributed by atoms with Gasteiger partial charge in [-0.25, -0.2) is 9.78 Å². The molecular formula is C10H10F3NO3S. The molecule has 1 aromatic rings. The van der Waals surface area contributed by atoms with Crippen molar-refractivity contribution in [1.29, 1.82) is 0 Å². The van der Waals surface area contributed by atoms with E-state index in [0.717, 1.165) is 18.4 Å². The molecule has 0 radical (unpaired) electrons. The van der Waals surface area contributed by atoms with E-state index in [1.807, 2.05) is 0 Å². The lowest BCUT2D eigenvalue weighted by Crippen LogP contribution is -2.09. The molecule has 0 fully saturated rings. The van der Waals surface area contributed by atoms with E-state index in [-0.39, 0.29) is 22.0 Å². The highest BCUT2D eigenvalue weighted by molar-refractivity contribution is 7.14. The molecule has 1 aromatic heterocycles. The van der Waals surface area contributed by atoms with Crippen LogP contribution in [0.15, 0.2) is 0 Å². The number of aryl methyl sites for hydroxylation is 1. The van der Waals surface area contributed by atoms with Crippen molar-refractivity contribution in [2.24, 2.45) is 0 Å². The molecule has 0 atom stereocenters. The van der Waals surface area contributed by atoms with E-state index in [0.29, 0.717) is 0 Å². The lowest BCUT2D eigenvalue weighted by atomic mass is 10.3. The van der Waals surface area contributed by atoms with Crippen LogP contribution < -0.4 is 0 Å². The molecule has 4 nitrogen and oxygen atoms in total. The number of halogens is 3. The highest BCUT2D eigenvalue weighted by Gasteiger charge is 2.28. The summed E-state index contributed by atoms with van der Waals surface area (Å²) >= 11 is 0.791. The molecule has 0 unspecified atom stereocenters. The number of carbonyl (C=O) groups is 2. The van der Waals surface area contributed by atoms with Crippen molar-refractivity contribution < 1.29 is 27.5 Å². The monoisotopic (exact) mass is 281 g/mol. The first kappa shape index (κ1) is 14.6. The number of Topliss-reactive ketones (excluding diaryl/α,β-unsaturated/α-hetero) is 1. The lowest BCUT2D eigenvalue weighted by molar-refractivity contribution is -0.134. The molecule has 0 aromatic carbocycles. The average Bonchev–Trinajstić information content (AvgIpc) is 2.68. The number of rotatable bonds is 4. The Morgan fingerprint density at radius 3 is 2.44 bits per heavy atom.